The highest BCUT2D eigenvalue weighted by Crippen LogP contribution is 2.65. The molecule has 0 radical (unpaired) electrons. The molecule has 3 aliphatic rings. The molecule has 0 aromatic heterocycles. The summed E-state index contributed by atoms with van der Waals surface area (Å²) in [6.07, 6.45) is 4.09. The third-order valence-corrected chi connectivity index (χ3v) is 6.44. The van der Waals surface area contributed by atoms with Crippen molar-refractivity contribution < 1.29 is 20.3 Å². The van der Waals surface area contributed by atoms with Crippen LogP contribution in [0, 0.1) is 11.3 Å². The van der Waals surface area contributed by atoms with E-state index in [2.05, 4.69) is 29.8 Å². The van der Waals surface area contributed by atoms with Gasteiger partial charge in [-0.1, -0.05) is 29.8 Å². The van der Waals surface area contributed by atoms with Gasteiger partial charge >= 0.3 is 7.12 Å². The number of fused-ring (bicyclic) bond motifs is 2. The molecular weight excluding hydrogens is 358 g/mol. The predicted octanol–water partition coefficient (Wildman–Crippen LogP) is 2.09. The first kappa shape index (κ1) is 19.7. The Morgan fingerprint density at radius 2 is 1.86 bits per heavy atom. The zero-order chi connectivity index (χ0) is 16.5. The minimum atomic E-state index is -1.38. The van der Waals surface area contributed by atoms with E-state index in [4.69, 9.17) is 21.6 Å². The molecule has 21 heavy (non-hydrogen) atoms. The molecule has 3 rings (SSSR count). The van der Waals surface area contributed by atoms with E-state index in [-0.39, 0.29) is 5.41 Å². The summed E-state index contributed by atoms with van der Waals surface area (Å²) in [5.74, 6) is 0.614. The summed E-state index contributed by atoms with van der Waals surface area (Å²) >= 11 is 8.68. The van der Waals surface area contributed by atoms with Crippen LogP contribution >= 0.6 is 27.5 Å². The summed E-state index contributed by atoms with van der Waals surface area (Å²) in [5.41, 5.74) is -1.79. The largest absolute Gasteiger partial charge is 0.470 e. The van der Waals surface area contributed by atoms with E-state index < -0.39 is 23.6 Å². The molecule has 4 N–H and O–H groups in total. The standard InChI is InChI=1S/C10H18O2.C4H9BBrClO2/c1-8(2)7-4-5-9(3,11)10(8,12)6-7;6-3-1-2-4(7)5(8)9/h7,11-12H,4-6H2,1-3H3;4,8-9H,1-3H2/t;4-/m.1/s1. The molecule has 0 aromatic rings. The first-order valence-electron chi connectivity index (χ1n) is 7.50. The van der Waals surface area contributed by atoms with E-state index in [1.165, 1.54) is 0 Å². The second kappa shape index (κ2) is 7.06. The maximum atomic E-state index is 10.2. The Balaban J connectivity index is 0.000000222. The van der Waals surface area contributed by atoms with Gasteiger partial charge in [0.15, 0.2) is 0 Å². The van der Waals surface area contributed by atoms with Gasteiger partial charge in [-0.3, -0.25) is 0 Å². The summed E-state index contributed by atoms with van der Waals surface area (Å²) in [6, 6.07) is 0. The second-order valence-electron chi connectivity index (χ2n) is 7.06. The third-order valence-electron chi connectivity index (χ3n) is 5.44. The zero-order valence-electron chi connectivity index (χ0n) is 13.0. The lowest BCUT2D eigenvalue weighted by Crippen LogP contribution is -2.74. The van der Waals surface area contributed by atoms with Gasteiger partial charge in [0.1, 0.15) is 0 Å². The van der Waals surface area contributed by atoms with Crippen molar-refractivity contribution in [2.45, 2.75) is 69.4 Å². The van der Waals surface area contributed by atoms with Gasteiger partial charge in [-0.25, -0.2) is 0 Å². The van der Waals surface area contributed by atoms with Gasteiger partial charge in [-0.15, -0.1) is 11.6 Å². The molecule has 2 bridgehead atoms. The van der Waals surface area contributed by atoms with Crippen molar-refractivity contribution >= 4 is 34.6 Å². The highest BCUT2D eigenvalue weighted by atomic mass is 79.9. The van der Waals surface area contributed by atoms with Gasteiger partial charge in [0.25, 0.3) is 0 Å². The lowest BCUT2D eigenvalue weighted by molar-refractivity contribution is -0.312. The lowest BCUT2D eigenvalue weighted by Gasteiger charge is -2.68. The average molecular weight is 386 g/mol. The minimum absolute atomic E-state index is 0.0885. The van der Waals surface area contributed by atoms with Crippen LogP contribution in [-0.4, -0.2) is 49.2 Å². The smallest absolute Gasteiger partial charge is 0.426 e. The molecule has 4 atom stereocenters. The van der Waals surface area contributed by atoms with Crippen molar-refractivity contribution in [1.29, 1.82) is 0 Å². The van der Waals surface area contributed by atoms with Crippen molar-refractivity contribution in [2.75, 3.05) is 5.33 Å². The second-order valence-corrected chi connectivity index (χ2v) is 8.41. The van der Waals surface area contributed by atoms with Crippen LogP contribution in [0.1, 0.15) is 52.9 Å². The molecule has 0 amide bonds. The summed E-state index contributed by atoms with van der Waals surface area (Å²) in [5, 5.41) is 37.5. The normalized spacial score (nSPS) is 37.9. The van der Waals surface area contributed by atoms with Crippen LogP contribution in [0.2, 0.25) is 0 Å². The number of rotatable bonds is 4. The van der Waals surface area contributed by atoms with E-state index in [1.807, 2.05) is 0 Å². The van der Waals surface area contributed by atoms with Gasteiger partial charge < -0.3 is 20.3 Å². The summed E-state index contributed by atoms with van der Waals surface area (Å²) in [6.45, 7) is 5.90. The molecule has 4 nitrogen and oxygen atoms in total. The Morgan fingerprint density at radius 3 is 2.19 bits per heavy atom. The summed E-state index contributed by atoms with van der Waals surface area (Å²) in [7, 11) is -1.38. The van der Waals surface area contributed by atoms with E-state index in [0.717, 1.165) is 31.0 Å². The lowest BCUT2D eigenvalue weighted by atomic mass is 9.41. The molecule has 0 heterocycles. The molecule has 0 aromatic carbocycles. The predicted molar refractivity (Wildman–Crippen MR) is 89.6 cm³/mol. The molecular formula is C14H27BBrClO4. The Labute approximate surface area is 141 Å². The van der Waals surface area contributed by atoms with E-state index in [1.54, 1.807) is 6.92 Å². The van der Waals surface area contributed by atoms with Crippen LogP contribution in [0.5, 0.6) is 0 Å². The molecule has 3 unspecified atom stereocenters. The van der Waals surface area contributed by atoms with Crippen molar-refractivity contribution in [2.24, 2.45) is 11.3 Å². The van der Waals surface area contributed by atoms with Gasteiger partial charge in [0, 0.05) is 5.33 Å². The van der Waals surface area contributed by atoms with E-state index >= 15 is 0 Å². The van der Waals surface area contributed by atoms with Gasteiger partial charge in [0.2, 0.25) is 0 Å². The zero-order valence-corrected chi connectivity index (χ0v) is 15.4. The molecule has 3 saturated carbocycles. The maximum Gasteiger partial charge on any atom is 0.470 e. The van der Waals surface area contributed by atoms with E-state index in [9.17, 15) is 10.2 Å². The topological polar surface area (TPSA) is 80.9 Å². The molecule has 124 valence electrons. The molecule has 0 spiro atoms. The Morgan fingerprint density at radius 1 is 1.29 bits per heavy atom. The number of halogens is 2. The van der Waals surface area contributed by atoms with Gasteiger partial charge in [0.05, 0.1) is 16.5 Å². The highest BCUT2D eigenvalue weighted by molar-refractivity contribution is 9.09. The first-order chi connectivity index (χ1) is 9.49. The van der Waals surface area contributed by atoms with Crippen LogP contribution in [0.3, 0.4) is 0 Å². The van der Waals surface area contributed by atoms with E-state index in [0.29, 0.717) is 12.3 Å². The molecule has 7 heteroatoms. The van der Waals surface area contributed by atoms with Crippen LogP contribution in [0.15, 0.2) is 0 Å². The molecule has 3 fully saturated rings. The Bertz CT molecular complexity index is 344. The Hall–Kier alpha value is 0.675. The molecule has 0 aliphatic heterocycles. The number of hydrogen-bond donors (Lipinski definition) is 4. The fourth-order valence-electron chi connectivity index (χ4n) is 3.54. The molecule has 0 saturated heterocycles. The SMILES string of the molecule is CC1(O)CCC2CC1(O)C2(C)C.OB(O)[C@H](Cl)CCCBr. The van der Waals surface area contributed by atoms with Gasteiger partial charge in [-0.2, -0.15) is 0 Å². The fourth-order valence-corrected chi connectivity index (χ4v) is 4.02. The first-order valence-corrected chi connectivity index (χ1v) is 9.06. The third kappa shape index (κ3) is 3.78. The molecule has 3 aliphatic carbocycles. The number of alkyl halides is 2. The average Bonchev–Trinajstić information content (AvgIpc) is 2.39. The summed E-state index contributed by atoms with van der Waals surface area (Å²) < 4.78 is 0. The van der Waals surface area contributed by atoms with Crippen molar-refractivity contribution in [1.82, 2.24) is 0 Å². The fraction of sp³-hybridized carbons (Fsp3) is 1.00. The monoisotopic (exact) mass is 384 g/mol. The van der Waals surface area contributed by atoms with Crippen LogP contribution in [0.4, 0.5) is 0 Å². The van der Waals surface area contributed by atoms with Gasteiger partial charge in [-0.05, 0) is 50.4 Å². The van der Waals surface area contributed by atoms with Crippen molar-refractivity contribution in [3.05, 3.63) is 0 Å². The van der Waals surface area contributed by atoms with Crippen molar-refractivity contribution in [3.8, 4) is 0 Å². The van der Waals surface area contributed by atoms with Crippen LogP contribution < -0.4 is 0 Å². The highest BCUT2D eigenvalue weighted by Gasteiger charge is 2.69. The number of aliphatic hydroxyl groups is 2. The maximum absolute atomic E-state index is 10.2. The van der Waals surface area contributed by atoms with Crippen LogP contribution in [0.25, 0.3) is 0 Å². The minimum Gasteiger partial charge on any atom is -0.426 e. The Kier molecular flexibility index (Phi) is 6.63. The number of hydrogen-bond acceptors (Lipinski definition) is 4. The van der Waals surface area contributed by atoms with Crippen LogP contribution in [-0.2, 0) is 0 Å². The van der Waals surface area contributed by atoms with Crippen molar-refractivity contribution in [3.63, 3.8) is 0 Å². The summed E-state index contributed by atoms with van der Waals surface area (Å²) in [4.78, 5) is 0. The quantitative estimate of drug-likeness (QED) is 0.441.